The molecule has 0 amide bonds. The first-order valence-electron chi connectivity index (χ1n) is 8.57. The third kappa shape index (κ3) is 3.78. The Hall–Kier alpha value is -1.06. The molecule has 3 heteroatoms. The van der Waals surface area contributed by atoms with Crippen LogP contribution in [0.3, 0.4) is 0 Å². The number of hydrogen-bond donors (Lipinski definition) is 2. The van der Waals surface area contributed by atoms with Gasteiger partial charge in [-0.15, -0.1) is 0 Å². The average Bonchev–Trinajstić information content (AvgIpc) is 2.54. The standard InChI is InChI=1S/C18H28N2O/c21-13-9-17-5-1-2-11-20(17)12-8-15-6-7-18-16(14-15)4-3-10-19-18/h6-7,14,17,19,21H,1-5,8-13H2. The van der Waals surface area contributed by atoms with Crippen LogP contribution in [0.2, 0.25) is 0 Å². The van der Waals surface area contributed by atoms with Gasteiger partial charge in [0.05, 0.1) is 0 Å². The highest BCUT2D eigenvalue weighted by Crippen LogP contribution is 2.24. The van der Waals surface area contributed by atoms with E-state index in [4.69, 9.17) is 0 Å². The van der Waals surface area contributed by atoms with Crippen molar-refractivity contribution in [1.29, 1.82) is 0 Å². The molecule has 0 aliphatic carbocycles. The maximum atomic E-state index is 9.22. The second-order valence-electron chi connectivity index (χ2n) is 6.47. The summed E-state index contributed by atoms with van der Waals surface area (Å²) in [5, 5.41) is 12.7. The van der Waals surface area contributed by atoms with Crippen LogP contribution in [-0.2, 0) is 12.8 Å². The first-order chi connectivity index (χ1) is 10.4. The Balaban J connectivity index is 1.58. The summed E-state index contributed by atoms with van der Waals surface area (Å²) in [6, 6.07) is 7.53. The van der Waals surface area contributed by atoms with Crippen LogP contribution in [0.15, 0.2) is 18.2 Å². The molecule has 2 aliphatic heterocycles. The maximum absolute atomic E-state index is 9.22. The van der Waals surface area contributed by atoms with Crippen molar-refractivity contribution >= 4 is 5.69 Å². The lowest BCUT2D eigenvalue weighted by Crippen LogP contribution is -2.41. The van der Waals surface area contributed by atoms with Gasteiger partial charge in [0, 0.05) is 31.4 Å². The van der Waals surface area contributed by atoms with E-state index in [0.29, 0.717) is 12.6 Å². The minimum Gasteiger partial charge on any atom is -0.396 e. The summed E-state index contributed by atoms with van der Waals surface area (Å²) in [6.45, 7) is 3.78. The Morgan fingerprint density at radius 2 is 2.19 bits per heavy atom. The monoisotopic (exact) mass is 288 g/mol. The van der Waals surface area contributed by atoms with Gasteiger partial charge in [0.1, 0.15) is 0 Å². The van der Waals surface area contributed by atoms with Gasteiger partial charge in [0.2, 0.25) is 0 Å². The number of fused-ring (bicyclic) bond motifs is 1. The molecule has 1 aromatic carbocycles. The highest BCUT2D eigenvalue weighted by atomic mass is 16.3. The number of aliphatic hydroxyl groups excluding tert-OH is 1. The first kappa shape index (κ1) is 14.9. The third-order valence-electron chi connectivity index (χ3n) is 5.01. The van der Waals surface area contributed by atoms with E-state index in [1.54, 1.807) is 0 Å². The summed E-state index contributed by atoms with van der Waals surface area (Å²) >= 11 is 0. The average molecular weight is 288 g/mol. The molecule has 1 saturated heterocycles. The number of nitrogens with one attached hydrogen (secondary N) is 1. The topological polar surface area (TPSA) is 35.5 Å². The van der Waals surface area contributed by atoms with E-state index in [0.717, 1.165) is 25.9 Å². The largest absolute Gasteiger partial charge is 0.396 e. The molecule has 0 bridgehead atoms. The molecule has 0 saturated carbocycles. The quantitative estimate of drug-likeness (QED) is 0.874. The van der Waals surface area contributed by atoms with Crippen molar-refractivity contribution in [2.24, 2.45) is 0 Å². The summed E-state index contributed by atoms with van der Waals surface area (Å²) in [5.41, 5.74) is 4.29. The molecule has 1 fully saturated rings. The van der Waals surface area contributed by atoms with Crippen molar-refractivity contribution < 1.29 is 5.11 Å². The van der Waals surface area contributed by atoms with E-state index in [9.17, 15) is 5.11 Å². The van der Waals surface area contributed by atoms with Crippen molar-refractivity contribution in [3.05, 3.63) is 29.3 Å². The lowest BCUT2D eigenvalue weighted by Gasteiger charge is -2.35. The van der Waals surface area contributed by atoms with Crippen molar-refractivity contribution in [2.75, 3.05) is 31.6 Å². The third-order valence-corrected chi connectivity index (χ3v) is 5.01. The molecule has 21 heavy (non-hydrogen) atoms. The second-order valence-corrected chi connectivity index (χ2v) is 6.47. The second kappa shape index (κ2) is 7.28. The highest BCUT2D eigenvalue weighted by molar-refractivity contribution is 5.54. The van der Waals surface area contributed by atoms with Gasteiger partial charge in [-0.1, -0.05) is 18.6 Å². The van der Waals surface area contributed by atoms with Crippen LogP contribution in [0.25, 0.3) is 0 Å². The lowest BCUT2D eigenvalue weighted by molar-refractivity contribution is 0.120. The zero-order chi connectivity index (χ0) is 14.5. The van der Waals surface area contributed by atoms with Crippen LogP contribution in [0.1, 0.15) is 43.2 Å². The van der Waals surface area contributed by atoms with E-state index in [1.807, 2.05) is 0 Å². The van der Waals surface area contributed by atoms with Crippen molar-refractivity contribution in [2.45, 2.75) is 51.0 Å². The summed E-state index contributed by atoms with van der Waals surface area (Å²) in [4.78, 5) is 2.59. The van der Waals surface area contributed by atoms with E-state index >= 15 is 0 Å². The molecule has 116 valence electrons. The van der Waals surface area contributed by atoms with Gasteiger partial charge in [0.15, 0.2) is 0 Å². The normalized spacial score (nSPS) is 22.6. The number of rotatable bonds is 5. The fourth-order valence-corrected chi connectivity index (χ4v) is 3.79. The number of benzene rings is 1. The van der Waals surface area contributed by atoms with Crippen molar-refractivity contribution in [3.8, 4) is 0 Å². The molecule has 1 atom stereocenters. The molecular weight excluding hydrogens is 260 g/mol. The van der Waals surface area contributed by atoms with Crippen LogP contribution in [0.5, 0.6) is 0 Å². The van der Waals surface area contributed by atoms with E-state index in [-0.39, 0.29) is 0 Å². The van der Waals surface area contributed by atoms with Gasteiger partial charge in [-0.3, -0.25) is 4.90 Å². The predicted molar refractivity (Wildman–Crippen MR) is 87.9 cm³/mol. The molecule has 0 radical (unpaired) electrons. The Bertz CT molecular complexity index is 459. The molecule has 1 aromatic rings. The maximum Gasteiger partial charge on any atom is 0.0445 e. The summed E-state index contributed by atoms with van der Waals surface area (Å²) in [7, 11) is 0. The number of aryl methyl sites for hydroxylation is 1. The van der Waals surface area contributed by atoms with Crippen LogP contribution in [0, 0.1) is 0 Å². The van der Waals surface area contributed by atoms with Crippen LogP contribution < -0.4 is 5.32 Å². The molecule has 2 heterocycles. The van der Waals surface area contributed by atoms with E-state index in [2.05, 4.69) is 28.4 Å². The van der Waals surface area contributed by atoms with Crippen molar-refractivity contribution in [1.82, 2.24) is 4.90 Å². The molecule has 3 nitrogen and oxygen atoms in total. The molecule has 2 aliphatic rings. The summed E-state index contributed by atoms with van der Waals surface area (Å²) < 4.78 is 0. The lowest BCUT2D eigenvalue weighted by atomic mass is 9.97. The Morgan fingerprint density at radius 3 is 3.10 bits per heavy atom. The number of aliphatic hydroxyl groups is 1. The Labute approximate surface area is 128 Å². The number of likely N-dealkylation sites (tertiary alicyclic amines) is 1. The summed E-state index contributed by atoms with van der Waals surface area (Å²) in [6.07, 6.45) is 8.44. The molecule has 2 N–H and O–H groups in total. The van der Waals surface area contributed by atoms with Gasteiger partial charge >= 0.3 is 0 Å². The fraction of sp³-hybridized carbons (Fsp3) is 0.667. The fourth-order valence-electron chi connectivity index (χ4n) is 3.79. The van der Waals surface area contributed by atoms with Gasteiger partial charge in [-0.05, 0) is 62.3 Å². The Morgan fingerprint density at radius 1 is 1.24 bits per heavy atom. The molecule has 3 rings (SSSR count). The van der Waals surface area contributed by atoms with E-state index in [1.165, 1.54) is 55.5 Å². The number of piperidine rings is 1. The van der Waals surface area contributed by atoms with Gasteiger partial charge in [0.25, 0.3) is 0 Å². The van der Waals surface area contributed by atoms with Crippen LogP contribution >= 0.6 is 0 Å². The summed E-state index contributed by atoms with van der Waals surface area (Å²) in [5.74, 6) is 0. The first-order valence-corrected chi connectivity index (χ1v) is 8.57. The SMILES string of the molecule is OCCC1CCCCN1CCc1ccc2c(c1)CCCN2. The van der Waals surface area contributed by atoms with Crippen LogP contribution in [-0.4, -0.2) is 42.3 Å². The number of nitrogens with zero attached hydrogens (tertiary/aromatic N) is 1. The zero-order valence-corrected chi connectivity index (χ0v) is 13.0. The van der Waals surface area contributed by atoms with Gasteiger partial charge < -0.3 is 10.4 Å². The van der Waals surface area contributed by atoms with Crippen LogP contribution in [0.4, 0.5) is 5.69 Å². The molecule has 1 unspecified atom stereocenters. The molecule has 0 aromatic heterocycles. The van der Waals surface area contributed by atoms with Gasteiger partial charge in [-0.25, -0.2) is 0 Å². The van der Waals surface area contributed by atoms with E-state index < -0.39 is 0 Å². The van der Waals surface area contributed by atoms with Gasteiger partial charge in [-0.2, -0.15) is 0 Å². The highest BCUT2D eigenvalue weighted by Gasteiger charge is 2.21. The predicted octanol–water partition coefficient (Wildman–Crippen LogP) is 2.82. The minimum atomic E-state index is 0.325. The smallest absolute Gasteiger partial charge is 0.0445 e. The molecular formula is C18H28N2O. The zero-order valence-electron chi connectivity index (χ0n) is 13.0. The molecule has 0 spiro atoms. The number of anilines is 1. The van der Waals surface area contributed by atoms with Crippen molar-refractivity contribution in [3.63, 3.8) is 0 Å². The Kier molecular flexibility index (Phi) is 5.15. The minimum absolute atomic E-state index is 0.325. The number of hydrogen-bond acceptors (Lipinski definition) is 3.